The van der Waals surface area contributed by atoms with Crippen LogP contribution in [0.1, 0.15) is 11.4 Å². The lowest BCUT2D eigenvalue weighted by atomic mass is 10.1. The number of nitrogens with one attached hydrogen (secondary N) is 1. The van der Waals surface area contributed by atoms with E-state index >= 15 is 0 Å². The zero-order valence-electron chi connectivity index (χ0n) is 10.1. The number of hydrogen-bond donors (Lipinski definition) is 1. The summed E-state index contributed by atoms with van der Waals surface area (Å²) in [5, 5.41) is 10.3. The van der Waals surface area contributed by atoms with E-state index in [-0.39, 0.29) is 0 Å². The van der Waals surface area contributed by atoms with Crippen LogP contribution in [0.2, 0.25) is 0 Å². The normalized spacial score (nSPS) is 10.9. The topological polar surface area (TPSA) is 67.3 Å². The fraction of sp³-hybridized carbons (Fsp3) is 0. The summed E-state index contributed by atoms with van der Waals surface area (Å²) in [7, 11) is 0. The molecule has 1 N–H and O–H groups in total. The van der Waals surface area contributed by atoms with Crippen LogP contribution < -0.4 is 0 Å². The summed E-state index contributed by atoms with van der Waals surface area (Å²) in [6.07, 6.45) is 8.74. The van der Waals surface area contributed by atoms with E-state index in [1.807, 2.05) is 42.5 Å². The molecule has 0 saturated heterocycles. The molecule has 2 heterocycles. The van der Waals surface area contributed by atoms with Crippen molar-refractivity contribution in [2.45, 2.75) is 0 Å². The Morgan fingerprint density at radius 2 is 1.79 bits per heavy atom. The zero-order chi connectivity index (χ0) is 12.9. The van der Waals surface area contributed by atoms with E-state index in [4.69, 9.17) is 0 Å². The molecular formula is C14H11N5. The van der Waals surface area contributed by atoms with Gasteiger partial charge in [-0.05, 0) is 12.2 Å². The van der Waals surface area contributed by atoms with Crippen molar-refractivity contribution in [1.29, 1.82) is 0 Å². The average Bonchev–Trinajstić information content (AvgIpc) is 3.00. The maximum atomic E-state index is 4.39. The van der Waals surface area contributed by atoms with Crippen molar-refractivity contribution in [3.63, 3.8) is 0 Å². The van der Waals surface area contributed by atoms with Crippen LogP contribution in [0.3, 0.4) is 0 Å². The van der Waals surface area contributed by atoms with E-state index in [1.54, 1.807) is 18.6 Å². The van der Waals surface area contributed by atoms with Crippen molar-refractivity contribution in [3.05, 3.63) is 60.3 Å². The third-order valence-corrected chi connectivity index (χ3v) is 2.62. The fourth-order valence-corrected chi connectivity index (χ4v) is 1.74. The van der Waals surface area contributed by atoms with Crippen molar-refractivity contribution in [2.24, 2.45) is 0 Å². The van der Waals surface area contributed by atoms with E-state index in [1.165, 1.54) is 0 Å². The number of benzene rings is 1. The van der Waals surface area contributed by atoms with Crippen molar-refractivity contribution >= 4 is 12.2 Å². The van der Waals surface area contributed by atoms with E-state index in [2.05, 4.69) is 25.4 Å². The van der Waals surface area contributed by atoms with Gasteiger partial charge in [-0.2, -0.15) is 15.4 Å². The quantitative estimate of drug-likeness (QED) is 0.774. The molecule has 0 amide bonds. The Balaban J connectivity index is 1.99. The molecule has 1 aromatic carbocycles. The Bertz CT molecular complexity index is 674. The molecule has 0 atom stereocenters. The smallest absolute Gasteiger partial charge is 0.105 e. The molecule has 3 rings (SSSR count). The number of H-pyrrole nitrogens is 1. The standard InChI is InChI=1S/C14H11N5/c1-2-4-11(5-3-1)14-13(15-8-9-16-14)7-6-12-10-17-19-18-12/h1-10H,(H,17,18,19)/b7-6+. The monoisotopic (exact) mass is 249 g/mol. The van der Waals surface area contributed by atoms with Gasteiger partial charge in [0.1, 0.15) is 5.69 Å². The van der Waals surface area contributed by atoms with E-state index in [9.17, 15) is 0 Å². The first-order valence-corrected chi connectivity index (χ1v) is 5.84. The molecule has 5 nitrogen and oxygen atoms in total. The first-order valence-electron chi connectivity index (χ1n) is 5.84. The average molecular weight is 249 g/mol. The maximum absolute atomic E-state index is 4.39. The molecule has 0 bridgehead atoms. The van der Waals surface area contributed by atoms with E-state index in [0.717, 1.165) is 22.6 Å². The highest BCUT2D eigenvalue weighted by Gasteiger charge is 2.04. The van der Waals surface area contributed by atoms with Gasteiger partial charge in [0.05, 0.1) is 17.6 Å². The Morgan fingerprint density at radius 3 is 2.58 bits per heavy atom. The molecule has 19 heavy (non-hydrogen) atoms. The predicted molar refractivity (Wildman–Crippen MR) is 72.8 cm³/mol. The molecule has 0 aliphatic heterocycles. The van der Waals surface area contributed by atoms with Crippen LogP contribution in [-0.4, -0.2) is 25.4 Å². The molecule has 5 heteroatoms. The number of hydrogen-bond acceptors (Lipinski definition) is 4. The molecule has 2 aromatic heterocycles. The predicted octanol–water partition coefficient (Wildman–Crippen LogP) is 2.43. The SMILES string of the molecule is C(=C\c1nccnc1-c1ccccc1)/c1cn[nH]n1. The third kappa shape index (κ3) is 2.55. The summed E-state index contributed by atoms with van der Waals surface area (Å²) in [5.41, 5.74) is 3.44. The van der Waals surface area contributed by atoms with Crippen LogP contribution >= 0.6 is 0 Å². The van der Waals surface area contributed by atoms with Crippen LogP contribution in [0, 0.1) is 0 Å². The van der Waals surface area contributed by atoms with Gasteiger partial charge in [0, 0.05) is 18.0 Å². The summed E-state index contributed by atoms with van der Waals surface area (Å²) in [5.74, 6) is 0. The summed E-state index contributed by atoms with van der Waals surface area (Å²) in [4.78, 5) is 8.74. The first-order chi connectivity index (χ1) is 9.43. The van der Waals surface area contributed by atoms with Gasteiger partial charge in [-0.1, -0.05) is 30.3 Å². The molecule has 0 fully saturated rings. The van der Waals surface area contributed by atoms with Gasteiger partial charge in [0.2, 0.25) is 0 Å². The molecule has 0 radical (unpaired) electrons. The van der Waals surface area contributed by atoms with Gasteiger partial charge in [-0.15, -0.1) is 0 Å². The van der Waals surface area contributed by atoms with Gasteiger partial charge in [-0.3, -0.25) is 9.97 Å². The maximum Gasteiger partial charge on any atom is 0.105 e. The van der Waals surface area contributed by atoms with Crippen LogP contribution in [-0.2, 0) is 0 Å². The highest BCUT2D eigenvalue weighted by Crippen LogP contribution is 2.20. The molecule has 0 spiro atoms. The summed E-state index contributed by atoms with van der Waals surface area (Å²) in [6.45, 7) is 0. The lowest BCUT2D eigenvalue weighted by Crippen LogP contribution is -1.90. The van der Waals surface area contributed by atoms with E-state index < -0.39 is 0 Å². The molecule has 0 saturated carbocycles. The second-order valence-electron chi connectivity index (χ2n) is 3.88. The summed E-state index contributed by atoms with van der Waals surface area (Å²) < 4.78 is 0. The van der Waals surface area contributed by atoms with Crippen molar-refractivity contribution < 1.29 is 0 Å². The molecule has 0 aliphatic carbocycles. The Kier molecular flexibility index (Phi) is 3.10. The van der Waals surface area contributed by atoms with E-state index in [0.29, 0.717) is 0 Å². The van der Waals surface area contributed by atoms with Gasteiger partial charge in [-0.25, -0.2) is 0 Å². The van der Waals surface area contributed by atoms with Crippen LogP contribution in [0.25, 0.3) is 23.4 Å². The van der Waals surface area contributed by atoms with Gasteiger partial charge < -0.3 is 0 Å². The largest absolute Gasteiger partial charge is 0.253 e. The molecule has 92 valence electrons. The Hall–Kier alpha value is -2.82. The van der Waals surface area contributed by atoms with Crippen LogP contribution in [0.15, 0.2) is 48.9 Å². The number of rotatable bonds is 3. The Labute approximate surface area is 110 Å². The minimum absolute atomic E-state index is 0.754. The minimum atomic E-state index is 0.754. The van der Waals surface area contributed by atoms with Crippen molar-refractivity contribution in [1.82, 2.24) is 25.4 Å². The second-order valence-corrected chi connectivity index (χ2v) is 3.88. The molecule has 3 aromatic rings. The van der Waals surface area contributed by atoms with Gasteiger partial charge in [0.15, 0.2) is 0 Å². The highest BCUT2D eigenvalue weighted by molar-refractivity contribution is 5.75. The molecular weight excluding hydrogens is 238 g/mol. The lowest BCUT2D eigenvalue weighted by molar-refractivity contribution is 0.937. The van der Waals surface area contributed by atoms with Crippen molar-refractivity contribution in [2.75, 3.05) is 0 Å². The van der Waals surface area contributed by atoms with Gasteiger partial charge >= 0.3 is 0 Å². The lowest BCUT2D eigenvalue weighted by Gasteiger charge is -2.03. The summed E-state index contributed by atoms with van der Waals surface area (Å²) in [6, 6.07) is 9.96. The first kappa shape index (κ1) is 11.3. The van der Waals surface area contributed by atoms with Gasteiger partial charge in [0.25, 0.3) is 0 Å². The minimum Gasteiger partial charge on any atom is -0.253 e. The third-order valence-electron chi connectivity index (χ3n) is 2.62. The number of aromatic amines is 1. The molecule has 0 unspecified atom stereocenters. The van der Waals surface area contributed by atoms with Crippen molar-refractivity contribution in [3.8, 4) is 11.3 Å². The zero-order valence-corrected chi connectivity index (χ0v) is 10.1. The van der Waals surface area contributed by atoms with Crippen LogP contribution in [0.4, 0.5) is 0 Å². The van der Waals surface area contributed by atoms with Crippen LogP contribution in [0.5, 0.6) is 0 Å². The fourth-order valence-electron chi connectivity index (χ4n) is 1.74. The molecule has 0 aliphatic rings. The number of aromatic nitrogens is 5. The summed E-state index contributed by atoms with van der Waals surface area (Å²) >= 11 is 0. The highest BCUT2D eigenvalue weighted by atomic mass is 15.3. The Morgan fingerprint density at radius 1 is 0.947 bits per heavy atom. The number of nitrogens with zero attached hydrogens (tertiary/aromatic N) is 4. The second kappa shape index (κ2) is 5.22.